The SMILES string of the molecule is Cc1cccc2[nH]c([C@@H]3CCCN(C(=O)c4cccc(CO)n4)C3)nc12. The monoisotopic (exact) mass is 350 g/mol. The first kappa shape index (κ1) is 16.7. The number of piperidine rings is 1. The number of aromatic amines is 1. The number of para-hydroxylation sites is 1. The second kappa shape index (κ2) is 6.88. The molecule has 6 heteroatoms. The lowest BCUT2D eigenvalue weighted by atomic mass is 9.97. The van der Waals surface area contributed by atoms with Crippen LogP contribution in [0, 0.1) is 6.92 Å². The van der Waals surface area contributed by atoms with Crippen molar-refractivity contribution in [2.75, 3.05) is 13.1 Å². The fraction of sp³-hybridized carbons (Fsp3) is 0.350. The first-order chi connectivity index (χ1) is 12.7. The second-order valence-electron chi connectivity index (χ2n) is 6.86. The number of fused-ring (bicyclic) bond motifs is 1. The van der Waals surface area contributed by atoms with E-state index in [1.807, 2.05) is 17.0 Å². The van der Waals surface area contributed by atoms with E-state index in [2.05, 4.69) is 23.0 Å². The molecule has 1 atom stereocenters. The summed E-state index contributed by atoms with van der Waals surface area (Å²) in [5, 5.41) is 9.24. The number of aromatic nitrogens is 3. The maximum atomic E-state index is 12.8. The Labute approximate surface area is 151 Å². The van der Waals surface area contributed by atoms with Gasteiger partial charge in [-0.05, 0) is 43.5 Å². The van der Waals surface area contributed by atoms with E-state index in [1.54, 1.807) is 18.2 Å². The molecule has 2 aromatic heterocycles. The quantitative estimate of drug-likeness (QED) is 0.761. The Balaban J connectivity index is 1.56. The second-order valence-corrected chi connectivity index (χ2v) is 6.86. The molecule has 1 aromatic carbocycles. The van der Waals surface area contributed by atoms with Gasteiger partial charge in [0.15, 0.2) is 0 Å². The lowest BCUT2D eigenvalue weighted by molar-refractivity contribution is 0.0698. The molecule has 1 saturated heterocycles. The summed E-state index contributed by atoms with van der Waals surface area (Å²) in [6.07, 6.45) is 1.94. The molecular formula is C20H22N4O2. The van der Waals surface area contributed by atoms with Crippen molar-refractivity contribution in [2.24, 2.45) is 0 Å². The Morgan fingerprint density at radius 1 is 1.27 bits per heavy atom. The van der Waals surface area contributed by atoms with Gasteiger partial charge in [-0.2, -0.15) is 0 Å². The molecule has 0 unspecified atom stereocenters. The Bertz CT molecular complexity index is 950. The third kappa shape index (κ3) is 3.08. The van der Waals surface area contributed by atoms with Gasteiger partial charge in [-0.3, -0.25) is 4.79 Å². The molecule has 0 saturated carbocycles. The number of rotatable bonds is 3. The minimum atomic E-state index is -0.165. The summed E-state index contributed by atoms with van der Waals surface area (Å²) in [5.41, 5.74) is 4.10. The molecule has 2 N–H and O–H groups in total. The van der Waals surface area contributed by atoms with Crippen LogP contribution in [0.15, 0.2) is 36.4 Å². The van der Waals surface area contributed by atoms with Gasteiger partial charge in [-0.15, -0.1) is 0 Å². The molecule has 3 aromatic rings. The molecule has 1 amide bonds. The molecule has 0 spiro atoms. The molecule has 3 heterocycles. The van der Waals surface area contributed by atoms with E-state index in [-0.39, 0.29) is 18.4 Å². The Morgan fingerprint density at radius 3 is 2.92 bits per heavy atom. The molecule has 26 heavy (non-hydrogen) atoms. The Morgan fingerprint density at radius 2 is 2.12 bits per heavy atom. The van der Waals surface area contributed by atoms with Gasteiger partial charge in [-0.1, -0.05) is 18.2 Å². The molecule has 1 aliphatic rings. The van der Waals surface area contributed by atoms with Crippen LogP contribution in [0.3, 0.4) is 0 Å². The summed E-state index contributed by atoms with van der Waals surface area (Å²) < 4.78 is 0. The van der Waals surface area contributed by atoms with E-state index in [9.17, 15) is 9.90 Å². The number of amides is 1. The molecule has 0 bridgehead atoms. The number of H-pyrrole nitrogens is 1. The lowest BCUT2D eigenvalue weighted by Crippen LogP contribution is -2.39. The molecule has 1 aliphatic heterocycles. The van der Waals surface area contributed by atoms with Crippen LogP contribution < -0.4 is 0 Å². The van der Waals surface area contributed by atoms with Gasteiger partial charge in [0.25, 0.3) is 5.91 Å². The van der Waals surface area contributed by atoms with Crippen LogP contribution in [0.2, 0.25) is 0 Å². The van der Waals surface area contributed by atoms with E-state index in [4.69, 9.17) is 4.98 Å². The van der Waals surface area contributed by atoms with Crippen LogP contribution in [0.4, 0.5) is 0 Å². The zero-order chi connectivity index (χ0) is 18.1. The van der Waals surface area contributed by atoms with Crippen LogP contribution in [-0.4, -0.2) is 44.0 Å². The van der Waals surface area contributed by atoms with Crippen molar-refractivity contribution < 1.29 is 9.90 Å². The number of hydrogen-bond donors (Lipinski definition) is 2. The fourth-order valence-corrected chi connectivity index (χ4v) is 3.62. The highest BCUT2D eigenvalue weighted by atomic mass is 16.3. The number of aliphatic hydroxyl groups excluding tert-OH is 1. The highest BCUT2D eigenvalue weighted by molar-refractivity contribution is 5.92. The van der Waals surface area contributed by atoms with Gasteiger partial charge in [0.2, 0.25) is 0 Å². The molecule has 4 rings (SSSR count). The van der Waals surface area contributed by atoms with Crippen molar-refractivity contribution in [3.63, 3.8) is 0 Å². The highest BCUT2D eigenvalue weighted by Crippen LogP contribution is 2.28. The molecule has 0 aliphatic carbocycles. The van der Waals surface area contributed by atoms with Crippen LogP contribution in [0.1, 0.15) is 46.3 Å². The van der Waals surface area contributed by atoms with Crippen LogP contribution >= 0.6 is 0 Å². The number of aliphatic hydroxyl groups is 1. The Hall–Kier alpha value is -2.73. The number of carbonyl (C=O) groups excluding carboxylic acids is 1. The number of imidazole rings is 1. The number of nitrogens with one attached hydrogen (secondary N) is 1. The summed E-state index contributed by atoms with van der Waals surface area (Å²) in [5.74, 6) is 1.06. The van der Waals surface area contributed by atoms with Crippen LogP contribution in [0.25, 0.3) is 11.0 Å². The van der Waals surface area contributed by atoms with Gasteiger partial charge in [0.1, 0.15) is 11.5 Å². The number of nitrogens with zero attached hydrogens (tertiary/aromatic N) is 3. The van der Waals surface area contributed by atoms with Gasteiger partial charge in [0.05, 0.1) is 23.3 Å². The zero-order valence-corrected chi connectivity index (χ0v) is 14.8. The summed E-state index contributed by atoms with van der Waals surface area (Å²) >= 11 is 0. The average molecular weight is 350 g/mol. The predicted molar refractivity (Wildman–Crippen MR) is 98.9 cm³/mol. The average Bonchev–Trinajstić information content (AvgIpc) is 3.13. The minimum absolute atomic E-state index is 0.0858. The Kier molecular flexibility index (Phi) is 4.42. The van der Waals surface area contributed by atoms with Crippen molar-refractivity contribution in [3.05, 3.63) is 59.2 Å². The number of carbonyl (C=O) groups is 1. The maximum Gasteiger partial charge on any atom is 0.272 e. The lowest BCUT2D eigenvalue weighted by Gasteiger charge is -2.31. The molecule has 1 fully saturated rings. The summed E-state index contributed by atoms with van der Waals surface area (Å²) in [4.78, 5) is 27.1. The van der Waals surface area contributed by atoms with E-state index in [0.717, 1.165) is 41.8 Å². The van der Waals surface area contributed by atoms with Gasteiger partial charge >= 0.3 is 0 Å². The van der Waals surface area contributed by atoms with Crippen molar-refractivity contribution in [1.29, 1.82) is 0 Å². The standard InChI is InChI=1S/C20H22N4O2/c1-13-5-2-8-16-18(13)23-19(22-16)14-6-4-10-24(11-14)20(26)17-9-3-7-15(12-25)21-17/h2-3,5,7-9,14,25H,4,6,10-12H2,1H3,(H,22,23)/t14-/m1/s1. The van der Waals surface area contributed by atoms with Crippen molar-refractivity contribution in [2.45, 2.75) is 32.3 Å². The normalized spacial score (nSPS) is 17.6. The minimum Gasteiger partial charge on any atom is -0.390 e. The fourth-order valence-electron chi connectivity index (χ4n) is 3.62. The topological polar surface area (TPSA) is 82.1 Å². The van der Waals surface area contributed by atoms with E-state index in [1.165, 1.54) is 0 Å². The molecule has 134 valence electrons. The first-order valence-corrected chi connectivity index (χ1v) is 8.97. The van der Waals surface area contributed by atoms with Crippen LogP contribution in [-0.2, 0) is 6.61 Å². The van der Waals surface area contributed by atoms with Gasteiger partial charge in [-0.25, -0.2) is 9.97 Å². The summed E-state index contributed by atoms with van der Waals surface area (Å²) in [7, 11) is 0. The number of hydrogen-bond acceptors (Lipinski definition) is 4. The maximum absolute atomic E-state index is 12.8. The third-order valence-corrected chi connectivity index (χ3v) is 5.02. The van der Waals surface area contributed by atoms with E-state index in [0.29, 0.717) is 17.9 Å². The molecule has 6 nitrogen and oxygen atoms in total. The zero-order valence-electron chi connectivity index (χ0n) is 14.8. The van der Waals surface area contributed by atoms with Gasteiger partial charge < -0.3 is 15.0 Å². The predicted octanol–water partition coefficient (Wildman–Crippen LogP) is 2.78. The van der Waals surface area contributed by atoms with Crippen molar-refractivity contribution >= 4 is 16.9 Å². The largest absolute Gasteiger partial charge is 0.390 e. The number of pyridine rings is 1. The third-order valence-electron chi connectivity index (χ3n) is 5.02. The smallest absolute Gasteiger partial charge is 0.272 e. The number of likely N-dealkylation sites (tertiary alicyclic amines) is 1. The van der Waals surface area contributed by atoms with E-state index >= 15 is 0 Å². The molecular weight excluding hydrogens is 328 g/mol. The summed E-state index contributed by atoms with van der Waals surface area (Å²) in [6, 6.07) is 11.3. The van der Waals surface area contributed by atoms with Gasteiger partial charge in [0, 0.05) is 19.0 Å². The van der Waals surface area contributed by atoms with Crippen molar-refractivity contribution in [3.8, 4) is 0 Å². The molecule has 0 radical (unpaired) electrons. The van der Waals surface area contributed by atoms with Crippen molar-refractivity contribution in [1.82, 2.24) is 19.9 Å². The highest BCUT2D eigenvalue weighted by Gasteiger charge is 2.28. The van der Waals surface area contributed by atoms with E-state index < -0.39 is 0 Å². The number of benzene rings is 1. The summed E-state index contributed by atoms with van der Waals surface area (Å²) in [6.45, 7) is 3.24. The first-order valence-electron chi connectivity index (χ1n) is 8.97. The van der Waals surface area contributed by atoms with Crippen LogP contribution in [0.5, 0.6) is 0 Å². The number of aryl methyl sites for hydroxylation is 1.